The number of furan rings is 2. The molecule has 2 aromatic carbocycles. The number of aromatic nitrogens is 2. The minimum Gasteiger partial charge on any atom is -0.454 e. The number of nitrogens with zero attached hydrogens (tertiary/aromatic N) is 2. The zero-order chi connectivity index (χ0) is 21.8. The number of hydrogen-bond acceptors (Lipinski definition) is 4. The first-order chi connectivity index (χ1) is 15.6. The molecular weight excluding hydrogens is 396 g/mol. The van der Waals surface area contributed by atoms with Gasteiger partial charge in [0.2, 0.25) is 5.71 Å². The van der Waals surface area contributed by atoms with Crippen LogP contribution in [0.5, 0.6) is 0 Å². The van der Waals surface area contributed by atoms with Crippen LogP contribution in [-0.4, -0.2) is 9.97 Å². The van der Waals surface area contributed by atoms with E-state index in [4.69, 9.17) is 13.8 Å². The number of benzene rings is 2. The highest BCUT2D eigenvalue weighted by Gasteiger charge is 2.15. The fourth-order valence-corrected chi connectivity index (χ4v) is 4.22. The molecule has 0 radical (unpaired) electrons. The third kappa shape index (κ3) is 2.99. The molecule has 0 amide bonds. The molecular formula is C28H22N2O2. The molecule has 0 fully saturated rings. The lowest BCUT2D eigenvalue weighted by Crippen LogP contribution is -1.85. The summed E-state index contributed by atoms with van der Waals surface area (Å²) in [6, 6.07) is 24.7. The standard InChI is InChI=1S/C28H22N2O2/c1-16(2)18-8-10-19(11-9-18)26-15-24-25(31-26)14-13-23(30-24)22-6-4-5-20-21-12-7-17(3)29-28(21)32-27(20)22/h4-16H,1-3H3. The number of aryl methyl sites for hydroxylation is 1. The average molecular weight is 418 g/mol. The second kappa shape index (κ2) is 7.06. The second-order valence-corrected chi connectivity index (χ2v) is 8.56. The van der Waals surface area contributed by atoms with Crippen LogP contribution in [0.4, 0.5) is 0 Å². The van der Waals surface area contributed by atoms with Crippen molar-refractivity contribution in [2.45, 2.75) is 26.7 Å². The molecule has 4 heteroatoms. The Labute approximate surface area is 185 Å². The molecule has 6 aromatic rings. The van der Waals surface area contributed by atoms with Crippen LogP contribution in [0, 0.1) is 6.92 Å². The number of hydrogen-bond donors (Lipinski definition) is 0. The van der Waals surface area contributed by atoms with E-state index in [0.29, 0.717) is 11.6 Å². The quantitative estimate of drug-likeness (QED) is 0.293. The van der Waals surface area contributed by atoms with Gasteiger partial charge >= 0.3 is 0 Å². The van der Waals surface area contributed by atoms with Crippen molar-refractivity contribution in [3.05, 3.63) is 84.1 Å². The molecule has 156 valence electrons. The maximum Gasteiger partial charge on any atom is 0.227 e. The Morgan fingerprint density at radius 2 is 1.62 bits per heavy atom. The van der Waals surface area contributed by atoms with E-state index in [1.54, 1.807) is 0 Å². The Hall–Kier alpha value is -3.92. The molecule has 0 spiro atoms. The first kappa shape index (κ1) is 18.8. The summed E-state index contributed by atoms with van der Waals surface area (Å²) in [6.07, 6.45) is 0. The molecule has 0 atom stereocenters. The minimum absolute atomic E-state index is 0.504. The van der Waals surface area contributed by atoms with E-state index in [2.05, 4.69) is 55.2 Å². The van der Waals surface area contributed by atoms with Crippen LogP contribution in [0.15, 0.2) is 81.6 Å². The minimum atomic E-state index is 0.504. The maximum absolute atomic E-state index is 6.16. The van der Waals surface area contributed by atoms with Gasteiger partial charge in [-0.25, -0.2) is 9.97 Å². The highest BCUT2D eigenvalue weighted by atomic mass is 16.3. The van der Waals surface area contributed by atoms with Crippen LogP contribution in [0.2, 0.25) is 0 Å². The van der Waals surface area contributed by atoms with Gasteiger partial charge in [-0.05, 0) is 48.7 Å². The molecule has 0 saturated heterocycles. The predicted octanol–water partition coefficient (Wildman–Crippen LogP) is 7.89. The maximum atomic E-state index is 6.16. The van der Waals surface area contributed by atoms with Gasteiger partial charge < -0.3 is 8.83 Å². The van der Waals surface area contributed by atoms with Gasteiger partial charge in [0.05, 0.1) is 5.69 Å². The van der Waals surface area contributed by atoms with Crippen molar-refractivity contribution in [2.75, 3.05) is 0 Å². The first-order valence-corrected chi connectivity index (χ1v) is 10.9. The Morgan fingerprint density at radius 3 is 2.44 bits per heavy atom. The van der Waals surface area contributed by atoms with E-state index in [-0.39, 0.29) is 0 Å². The molecule has 0 aliphatic carbocycles. The normalized spacial score (nSPS) is 11.9. The highest BCUT2D eigenvalue weighted by molar-refractivity contribution is 6.08. The molecule has 0 aliphatic rings. The summed E-state index contributed by atoms with van der Waals surface area (Å²) >= 11 is 0. The topological polar surface area (TPSA) is 52.1 Å². The lowest BCUT2D eigenvalue weighted by Gasteiger charge is -2.05. The van der Waals surface area contributed by atoms with E-state index < -0.39 is 0 Å². The van der Waals surface area contributed by atoms with Crippen molar-refractivity contribution < 1.29 is 8.83 Å². The fraction of sp³-hybridized carbons (Fsp3) is 0.143. The summed E-state index contributed by atoms with van der Waals surface area (Å²) in [7, 11) is 0. The third-order valence-corrected chi connectivity index (χ3v) is 6.01. The molecule has 0 unspecified atom stereocenters. The van der Waals surface area contributed by atoms with Gasteiger partial charge in [0.1, 0.15) is 16.9 Å². The summed E-state index contributed by atoms with van der Waals surface area (Å²) in [5, 5.41) is 2.06. The van der Waals surface area contributed by atoms with Gasteiger partial charge in [-0.15, -0.1) is 0 Å². The van der Waals surface area contributed by atoms with Crippen molar-refractivity contribution in [3.8, 4) is 22.6 Å². The van der Waals surface area contributed by atoms with Crippen LogP contribution in [0.3, 0.4) is 0 Å². The number of para-hydroxylation sites is 1. The summed E-state index contributed by atoms with van der Waals surface area (Å²) < 4.78 is 12.3. The van der Waals surface area contributed by atoms with E-state index in [1.165, 1.54) is 5.56 Å². The number of rotatable bonds is 3. The third-order valence-electron chi connectivity index (χ3n) is 6.01. The van der Waals surface area contributed by atoms with Crippen LogP contribution < -0.4 is 0 Å². The molecule has 0 bridgehead atoms. The lowest BCUT2D eigenvalue weighted by molar-refractivity contribution is 0.631. The Morgan fingerprint density at radius 1 is 0.781 bits per heavy atom. The fourth-order valence-electron chi connectivity index (χ4n) is 4.22. The van der Waals surface area contributed by atoms with Gasteiger partial charge in [-0.3, -0.25) is 0 Å². The van der Waals surface area contributed by atoms with Crippen molar-refractivity contribution in [1.82, 2.24) is 9.97 Å². The zero-order valence-electron chi connectivity index (χ0n) is 18.2. The number of pyridine rings is 2. The Bertz CT molecular complexity index is 1600. The van der Waals surface area contributed by atoms with Crippen LogP contribution in [0.1, 0.15) is 31.0 Å². The van der Waals surface area contributed by atoms with Crippen molar-refractivity contribution in [2.24, 2.45) is 0 Å². The average Bonchev–Trinajstić information content (AvgIpc) is 3.39. The summed E-state index contributed by atoms with van der Waals surface area (Å²) in [5.74, 6) is 1.32. The van der Waals surface area contributed by atoms with E-state index in [0.717, 1.165) is 55.7 Å². The first-order valence-electron chi connectivity index (χ1n) is 10.9. The smallest absolute Gasteiger partial charge is 0.227 e. The van der Waals surface area contributed by atoms with Crippen LogP contribution in [-0.2, 0) is 0 Å². The molecule has 4 nitrogen and oxygen atoms in total. The van der Waals surface area contributed by atoms with E-state index in [9.17, 15) is 0 Å². The van der Waals surface area contributed by atoms with Gasteiger partial charge in [0.15, 0.2) is 5.58 Å². The number of fused-ring (bicyclic) bond motifs is 4. The van der Waals surface area contributed by atoms with E-state index in [1.807, 2.05) is 43.3 Å². The van der Waals surface area contributed by atoms with Crippen LogP contribution >= 0.6 is 0 Å². The molecule has 32 heavy (non-hydrogen) atoms. The largest absolute Gasteiger partial charge is 0.454 e. The molecule has 4 aromatic heterocycles. The molecule has 0 aliphatic heterocycles. The second-order valence-electron chi connectivity index (χ2n) is 8.56. The van der Waals surface area contributed by atoms with Crippen molar-refractivity contribution in [1.29, 1.82) is 0 Å². The van der Waals surface area contributed by atoms with Gasteiger partial charge in [-0.2, -0.15) is 0 Å². The summed E-state index contributed by atoms with van der Waals surface area (Å²) in [6.45, 7) is 6.36. The lowest BCUT2D eigenvalue weighted by atomic mass is 10.0. The van der Waals surface area contributed by atoms with Gasteiger partial charge in [0.25, 0.3) is 0 Å². The van der Waals surface area contributed by atoms with Gasteiger partial charge in [-0.1, -0.05) is 50.2 Å². The van der Waals surface area contributed by atoms with Crippen molar-refractivity contribution in [3.63, 3.8) is 0 Å². The Kier molecular flexibility index (Phi) is 4.15. The van der Waals surface area contributed by atoms with Crippen LogP contribution in [0.25, 0.3) is 55.7 Å². The SMILES string of the molecule is Cc1ccc2c(n1)oc1c(-c3ccc4oc(-c5ccc(C(C)C)cc5)cc4n3)cccc12. The van der Waals surface area contributed by atoms with Gasteiger partial charge in [0, 0.05) is 33.7 Å². The summed E-state index contributed by atoms with van der Waals surface area (Å²) in [5.41, 5.74) is 8.15. The highest BCUT2D eigenvalue weighted by Crippen LogP contribution is 2.36. The summed E-state index contributed by atoms with van der Waals surface area (Å²) in [4.78, 5) is 9.45. The molecule has 0 saturated carbocycles. The molecule has 0 N–H and O–H groups in total. The monoisotopic (exact) mass is 418 g/mol. The van der Waals surface area contributed by atoms with Crippen molar-refractivity contribution >= 4 is 33.2 Å². The zero-order valence-corrected chi connectivity index (χ0v) is 18.2. The molecule has 6 rings (SSSR count). The predicted molar refractivity (Wildman–Crippen MR) is 129 cm³/mol. The Balaban J connectivity index is 1.46. The molecule has 4 heterocycles. The van der Waals surface area contributed by atoms with E-state index >= 15 is 0 Å².